The molecular formula is C35H41N3O3S. The van der Waals surface area contributed by atoms with Crippen LogP contribution in [0.2, 0.25) is 0 Å². The van der Waals surface area contributed by atoms with Crippen molar-refractivity contribution in [3.05, 3.63) is 103 Å². The van der Waals surface area contributed by atoms with Crippen LogP contribution in [0.1, 0.15) is 44.9 Å². The van der Waals surface area contributed by atoms with Crippen LogP contribution in [-0.4, -0.2) is 35.3 Å². The Hall–Kier alpha value is -3.81. The molecule has 0 aliphatic rings. The fourth-order valence-electron chi connectivity index (χ4n) is 4.31. The lowest BCUT2D eigenvalue weighted by molar-refractivity contribution is -0.111. The van der Waals surface area contributed by atoms with Crippen molar-refractivity contribution < 1.29 is 14.3 Å². The average Bonchev–Trinajstić information content (AvgIpc) is 3.44. The first-order valence-electron chi connectivity index (χ1n) is 14.6. The number of ether oxygens (including phenoxy) is 2. The summed E-state index contributed by atoms with van der Waals surface area (Å²) in [7, 11) is 0. The van der Waals surface area contributed by atoms with Gasteiger partial charge < -0.3 is 19.4 Å². The average molecular weight is 584 g/mol. The van der Waals surface area contributed by atoms with Gasteiger partial charge in [0.25, 0.3) is 0 Å². The number of carbonyl (C=O) groups is 1. The van der Waals surface area contributed by atoms with Crippen molar-refractivity contribution in [2.45, 2.75) is 50.8 Å². The van der Waals surface area contributed by atoms with Crippen LogP contribution >= 0.6 is 11.8 Å². The summed E-state index contributed by atoms with van der Waals surface area (Å²) in [6, 6.07) is 24.1. The van der Waals surface area contributed by atoms with E-state index in [2.05, 4.69) is 47.8 Å². The van der Waals surface area contributed by atoms with E-state index in [1.54, 1.807) is 17.8 Å². The van der Waals surface area contributed by atoms with Gasteiger partial charge in [-0.2, -0.15) is 0 Å². The minimum absolute atomic E-state index is 0.168. The number of aromatic nitrogens is 2. The Balaban J connectivity index is 1.25. The van der Waals surface area contributed by atoms with Crippen LogP contribution in [0.15, 0.2) is 96.3 Å². The predicted octanol–water partition coefficient (Wildman–Crippen LogP) is 8.35. The number of benzene rings is 3. The first-order valence-corrected chi connectivity index (χ1v) is 15.6. The standard InChI is InChI=1S/C35H41N3O3S/c1-4-5-19-40-20-21-41-33-14-10-29(11-15-33)30-8-6-7-28(22-30)9-18-35(39)37-31-12-16-34(17-13-31)42-25-32-23-36-26-38(32)24-27(2)3/h6-18,22-23,26-27H,4-5,19-21,24-25H2,1-3H3,(H,37,39)/b18-9+. The van der Waals surface area contributed by atoms with Gasteiger partial charge in [0.15, 0.2) is 0 Å². The van der Waals surface area contributed by atoms with E-state index in [1.807, 2.05) is 79.3 Å². The Bertz CT molecular complexity index is 1410. The number of nitrogens with zero attached hydrogens (tertiary/aromatic N) is 2. The molecule has 0 atom stereocenters. The largest absolute Gasteiger partial charge is 0.491 e. The molecule has 0 aliphatic carbocycles. The number of anilines is 1. The first kappa shape index (κ1) is 31.1. The summed E-state index contributed by atoms with van der Waals surface area (Å²) in [5, 5.41) is 2.95. The third-order valence-electron chi connectivity index (χ3n) is 6.51. The van der Waals surface area contributed by atoms with Gasteiger partial charge in [-0.15, -0.1) is 11.8 Å². The molecule has 0 unspecified atom stereocenters. The molecule has 0 spiro atoms. The van der Waals surface area contributed by atoms with Gasteiger partial charge in [0.05, 0.1) is 12.9 Å². The topological polar surface area (TPSA) is 65.4 Å². The number of unbranched alkanes of at least 4 members (excludes halogenated alkanes) is 1. The van der Waals surface area contributed by atoms with E-state index in [9.17, 15) is 4.79 Å². The van der Waals surface area contributed by atoms with Gasteiger partial charge in [-0.05, 0) is 77.6 Å². The molecule has 220 valence electrons. The molecule has 42 heavy (non-hydrogen) atoms. The van der Waals surface area contributed by atoms with Crippen LogP contribution in [0, 0.1) is 5.92 Å². The van der Waals surface area contributed by atoms with Crippen LogP contribution in [0.4, 0.5) is 5.69 Å². The van der Waals surface area contributed by atoms with Crippen molar-refractivity contribution in [2.24, 2.45) is 5.92 Å². The molecule has 6 nitrogen and oxygen atoms in total. The lowest BCUT2D eigenvalue weighted by Gasteiger charge is -2.10. The Kier molecular flexibility index (Phi) is 12.3. The molecule has 1 N–H and O–H groups in total. The third-order valence-corrected chi connectivity index (χ3v) is 7.55. The Morgan fingerprint density at radius 1 is 1.00 bits per heavy atom. The van der Waals surface area contributed by atoms with Crippen LogP contribution in [0.25, 0.3) is 17.2 Å². The quantitative estimate of drug-likeness (QED) is 0.0816. The molecule has 0 fully saturated rings. The molecule has 0 bridgehead atoms. The molecule has 1 aromatic heterocycles. The molecule has 4 rings (SSSR count). The summed E-state index contributed by atoms with van der Waals surface area (Å²) in [6.45, 7) is 9.46. The van der Waals surface area contributed by atoms with Crippen LogP contribution in [-0.2, 0) is 21.8 Å². The normalized spacial score (nSPS) is 11.3. The monoisotopic (exact) mass is 583 g/mol. The van der Waals surface area contributed by atoms with Crippen molar-refractivity contribution in [3.8, 4) is 16.9 Å². The van der Waals surface area contributed by atoms with Crippen LogP contribution in [0.3, 0.4) is 0 Å². The van der Waals surface area contributed by atoms with Crippen molar-refractivity contribution in [1.82, 2.24) is 9.55 Å². The van der Waals surface area contributed by atoms with Gasteiger partial charge in [0.1, 0.15) is 12.4 Å². The van der Waals surface area contributed by atoms with Gasteiger partial charge in [-0.1, -0.05) is 57.5 Å². The number of nitrogens with one attached hydrogen (secondary N) is 1. The zero-order chi connectivity index (χ0) is 29.6. The molecular weight excluding hydrogens is 542 g/mol. The van der Waals surface area contributed by atoms with E-state index in [-0.39, 0.29) is 5.91 Å². The fraction of sp³-hybridized carbons (Fsp3) is 0.314. The second kappa shape index (κ2) is 16.6. The summed E-state index contributed by atoms with van der Waals surface area (Å²) in [6.07, 6.45) is 9.45. The highest BCUT2D eigenvalue weighted by molar-refractivity contribution is 7.98. The highest BCUT2D eigenvalue weighted by atomic mass is 32.2. The van der Waals surface area contributed by atoms with E-state index < -0.39 is 0 Å². The maximum absolute atomic E-state index is 12.6. The number of imidazole rings is 1. The number of hydrogen-bond acceptors (Lipinski definition) is 5. The van der Waals surface area contributed by atoms with Crippen LogP contribution < -0.4 is 10.1 Å². The van der Waals surface area contributed by atoms with Gasteiger partial charge in [0.2, 0.25) is 5.91 Å². The molecule has 0 aliphatic heterocycles. The minimum Gasteiger partial charge on any atom is -0.491 e. The summed E-state index contributed by atoms with van der Waals surface area (Å²) in [4.78, 5) is 18.0. The summed E-state index contributed by atoms with van der Waals surface area (Å²) in [5.74, 6) is 2.09. The lowest BCUT2D eigenvalue weighted by Crippen LogP contribution is -2.07. The highest BCUT2D eigenvalue weighted by Gasteiger charge is 2.06. The summed E-state index contributed by atoms with van der Waals surface area (Å²) < 4.78 is 13.5. The lowest BCUT2D eigenvalue weighted by atomic mass is 10.0. The zero-order valence-corrected chi connectivity index (χ0v) is 25.6. The molecule has 7 heteroatoms. The van der Waals surface area contributed by atoms with E-state index in [0.29, 0.717) is 19.1 Å². The second-order valence-corrected chi connectivity index (χ2v) is 11.6. The number of rotatable bonds is 16. The summed E-state index contributed by atoms with van der Waals surface area (Å²) in [5.41, 5.74) is 5.10. The van der Waals surface area contributed by atoms with Gasteiger partial charge in [-0.25, -0.2) is 4.98 Å². The molecule has 1 heterocycles. The molecule has 3 aromatic carbocycles. The maximum Gasteiger partial charge on any atom is 0.248 e. The number of thioether (sulfide) groups is 1. The predicted molar refractivity (Wildman–Crippen MR) is 174 cm³/mol. The van der Waals surface area contributed by atoms with Crippen molar-refractivity contribution >= 4 is 29.4 Å². The Morgan fingerprint density at radius 2 is 1.81 bits per heavy atom. The first-order chi connectivity index (χ1) is 20.5. The maximum atomic E-state index is 12.6. The van der Waals surface area contributed by atoms with Crippen molar-refractivity contribution in [1.29, 1.82) is 0 Å². The van der Waals surface area contributed by atoms with E-state index >= 15 is 0 Å². The second-order valence-electron chi connectivity index (χ2n) is 10.5. The molecule has 4 aromatic rings. The highest BCUT2D eigenvalue weighted by Crippen LogP contribution is 2.26. The SMILES string of the molecule is CCCCOCCOc1ccc(-c2cccc(/C=C/C(=O)Nc3ccc(SCc4cncn4CC(C)C)cc3)c2)cc1. The number of amides is 1. The number of carbonyl (C=O) groups excluding carboxylic acids is 1. The molecule has 0 saturated carbocycles. The number of hydrogen-bond donors (Lipinski definition) is 1. The van der Waals surface area contributed by atoms with E-state index in [4.69, 9.17) is 9.47 Å². The molecule has 0 radical (unpaired) electrons. The molecule has 1 amide bonds. The summed E-state index contributed by atoms with van der Waals surface area (Å²) >= 11 is 1.76. The molecule has 0 saturated heterocycles. The smallest absolute Gasteiger partial charge is 0.248 e. The van der Waals surface area contributed by atoms with Gasteiger partial charge in [0, 0.05) is 47.5 Å². The third kappa shape index (κ3) is 10.2. The Labute approximate surface area is 254 Å². The van der Waals surface area contributed by atoms with Crippen LogP contribution in [0.5, 0.6) is 5.75 Å². The fourth-order valence-corrected chi connectivity index (χ4v) is 5.19. The van der Waals surface area contributed by atoms with E-state index in [0.717, 1.165) is 64.8 Å². The zero-order valence-electron chi connectivity index (χ0n) is 24.8. The van der Waals surface area contributed by atoms with E-state index in [1.165, 1.54) is 5.69 Å². The van der Waals surface area contributed by atoms with Crippen molar-refractivity contribution in [3.63, 3.8) is 0 Å². The van der Waals surface area contributed by atoms with Gasteiger partial charge in [-0.3, -0.25) is 4.79 Å². The Morgan fingerprint density at radius 3 is 2.57 bits per heavy atom. The minimum atomic E-state index is -0.168. The van der Waals surface area contributed by atoms with Gasteiger partial charge >= 0.3 is 0 Å². The van der Waals surface area contributed by atoms with Crippen molar-refractivity contribution in [2.75, 3.05) is 25.1 Å².